The van der Waals surface area contributed by atoms with Gasteiger partial charge in [-0.25, -0.2) is 0 Å². The number of allylic oxidation sites excluding steroid dienone is 2. The molecule has 0 fully saturated rings. The second kappa shape index (κ2) is 5.29. The molecule has 0 saturated heterocycles. The summed E-state index contributed by atoms with van der Waals surface area (Å²) in [4.78, 5) is 0. The van der Waals surface area contributed by atoms with Gasteiger partial charge in [-0.15, -0.1) is 0 Å². The lowest BCUT2D eigenvalue weighted by Gasteiger charge is -2.00. The first kappa shape index (κ1) is 10.6. The van der Waals surface area contributed by atoms with Crippen LogP contribution in [0.5, 0.6) is 0 Å². The molecule has 1 aromatic heterocycles. The molecule has 2 nitrogen and oxygen atoms in total. The highest BCUT2D eigenvalue weighted by Gasteiger charge is 2.02. The van der Waals surface area contributed by atoms with Crippen molar-refractivity contribution in [3.05, 3.63) is 30.1 Å². The van der Waals surface area contributed by atoms with Gasteiger partial charge in [0.15, 0.2) is 0 Å². The first-order valence-corrected chi connectivity index (χ1v) is 5.01. The second-order valence-corrected chi connectivity index (χ2v) is 3.38. The molecule has 0 unspecified atom stereocenters. The monoisotopic (exact) mass is 188 g/mol. The average molecular weight is 188 g/mol. The van der Waals surface area contributed by atoms with Crippen molar-refractivity contribution in [2.24, 2.45) is 7.05 Å². The fraction of sp³-hybridized carbons (Fsp3) is 0.417. The van der Waals surface area contributed by atoms with E-state index in [1.165, 1.54) is 6.42 Å². The maximum absolute atomic E-state index is 8.99. The van der Waals surface area contributed by atoms with E-state index in [-0.39, 0.29) is 0 Å². The zero-order valence-corrected chi connectivity index (χ0v) is 8.83. The van der Waals surface area contributed by atoms with Gasteiger partial charge in [-0.1, -0.05) is 25.8 Å². The smallest absolute Gasteiger partial charge is 0.101 e. The molecule has 0 N–H and O–H groups in total. The first-order chi connectivity index (χ1) is 6.79. The molecular formula is C12H16N2. The molecule has 0 bridgehead atoms. The number of hydrogen-bond donors (Lipinski definition) is 0. The standard InChI is InChI=1S/C12H16N2/c1-3-4-5-7-11(10-13)12-8-6-9-14(12)2/h6-9H,3-5H2,1-2H3/b11-7+. The third kappa shape index (κ3) is 2.50. The molecule has 0 aliphatic heterocycles. The molecule has 0 spiro atoms. The lowest BCUT2D eigenvalue weighted by Crippen LogP contribution is -1.92. The van der Waals surface area contributed by atoms with Gasteiger partial charge in [-0.2, -0.15) is 5.26 Å². The first-order valence-electron chi connectivity index (χ1n) is 5.01. The summed E-state index contributed by atoms with van der Waals surface area (Å²) < 4.78 is 1.97. The van der Waals surface area contributed by atoms with Gasteiger partial charge >= 0.3 is 0 Å². The normalized spacial score (nSPS) is 11.4. The van der Waals surface area contributed by atoms with E-state index in [0.717, 1.165) is 24.1 Å². The van der Waals surface area contributed by atoms with Crippen molar-refractivity contribution in [1.82, 2.24) is 4.57 Å². The van der Waals surface area contributed by atoms with Crippen molar-refractivity contribution in [2.45, 2.75) is 26.2 Å². The third-order valence-corrected chi connectivity index (χ3v) is 2.25. The van der Waals surface area contributed by atoms with E-state index < -0.39 is 0 Å². The Labute approximate surface area is 85.5 Å². The number of hydrogen-bond acceptors (Lipinski definition) is 1. The van der Waals surface area contributed by atoms with Crippen molar-refractivity contribution >= 4 is 5.57 Å². The Morgan fingerprint density at radius 1 is 1.64 bits per heavy atom. The quantitative estimate of drug-likeness (QED) is 0.527. The van der Waals surface area contributed by atoms with E-state index in [0.29, 0.717) is 0 Å². The van der Waals surface area contributed by atoms with Crippen molar-refractivity contribution in [2.75, 3.05) is 0 Å². The Kier molecular flexibility index (Phi) is 4.00. The molecule has 74 valence electrons. The van der Waals surface area contributed by atoms with E-state index in [1.54, 1.807) is 0 Å². The predicted molar refractivity (Wildman–Crippen MR) is 58.5 cm³/mol. The summed E-state index contributed by atoms with van der Waals surface area (Å²) >= 11 is 0. The van der Waals surface area contributed by atoms with Crippen LogP contribution in [0.15, 0.2) is 24.4 Å². The largest absolute Gasteiger partial charge is 0.350 e. The number of aryl methyl sites for hydroxylation is 1. The number of nitrogens with zero attached hydrogens (tertiary/aromatic N) is 2. The predicted octanol–water partition coefficient (Wildman–Crippen LogP) is 3.12. The molecule has 0 radical (unpaired) electrons. The topological polar surface area (TPSA) is 28.7 Å². The van der Waals surface area contributed by atoms with Crippen molar-refractivity contribution < 1.29 is 0 Å². The SMILES string of the molecule is CCCC/C=C(\C#N)c1cccn1C. The Morgan fingerprint density at radius 2 is 2.43 bits per heavy atom. The van der Waals surface area contributed by atoms with Crippen LogP contribution in [0, 0.1) is 11.3 Å². The van der Waals surface area contributed by atoms with Crippen LogP contribution in [0.25, 0.3) is 5.57 Å². The molecule has 14 heavy (non-hydrogen) atoms. The average Bonchev–Trinajstić information content (AvgIpc) is 2.60. The molecule has 0 aromatic carbocycles. The van der Waals surface area contributed by atoms with Crippen LogP contribution in [-0.4, -0.2) is 4.57 Å². The Balaban J connectivity index is 2.78. The van der Waals surface area contributed by atoms with Crippen molar-refractivity contribution in [1.29, 1.82) is 5.26 Å². The van der Waals surface area contributed by atoms with Crippen LogP contribution in [-0.2, 0) is 7.05 Å². The summed E-state index contributed by atoms with van der Waals surface area (Å²) in [5.41, 5.74) is 1.79. The van der Waals surface area contributed by atoms with Gasteiger partial charge in [-0.05, 0) is 18.6 Å². The van der Waals surface area contributed by atoms with Crippen LogP contribution in [0.1, 0.15) is 31.9 Å². The highest BCUT2D eigenvalue weighted by atomic mass is 14.9. The molecule has 0 amide bonds. The van der Waals surface area contributed by atoms with Crippen LogP contribution < -0.4 is 0 Å². The fourth-order valence-corrected chi connectivity index (χ4v) is 1.40. The van der Waals surface area contributed by atoms with Crippen molar-refractivity contribution in [3.63, 3.8) is 0 Å². The summed E-state index contributed by atoms with van der Waals surface area (Å²) in [5.74, 6) is 0. The zero-order chi connectivity index (χ0) is 10.4. The minimum atomic E-state index is 0.783. The lowest BCUT2D eigenvalue weighted by atomic mass is 10.1. The third-order valence-electron chi connectivity index (χ3n) is 2.25. The van der Waals surface area contributed by atoms with Crippen LogP contribution >= 0.6 is 0 Å². The van der Waals surface area contributed by atoms with Crippen LogP contribution in [0.4, 0.5) is 0 Å². The molecule has 2 heteroatoms. The Bertz CT molecular complexity index is 353. The van der Waals surface area contributed by atoms with Gasteiger partial charge in [0, 0.05) is 13.2 Å². The number of nitriles is 1. The van der Waals surface area contributed by atoms with Gasteiger partial charge in [0.05, 0.1) is 11.3 Å². The summed E-state index contributed by atoms with van der Waals surface area (Å²) in [6.45, 7) is 2.16. The summed E-state index contributed by atoms with van der Waals surface area (Å²) in [5, 5.41) is 8.99. The summed E-state index contributed by atoms with van der Waals surface area (Å²) in [6, 6.07) is 6.18. The van der Waals surface area contributed by atoms with E-state index in [2.05, 4.69) is 13.0 Å². The summed E-state index contributed by atoms with van der Waals surface area (Å²) in [6.07, 6.45) is 7.29. The van der Waals surface area contributed by atoms with E-state index in [4.69, 9.17) is 5.26 Å². The number of rotatable bonds is 4. The van der Waals surface area contributed by atoms with Gasteiger partial charge < -0.3 is 4.57 Å². The number of aromatic nitrogens is 1. The molecule has 1 rings (SSSR count). The molecule has 0 atom stereocenters. The fourth-order valence-electron chi connectivity index (χ4n) is 1.40. The summed E-state index contributed by atoms with van der Waals surface area (Å²) in [7, 11) is 1.96. The molecular weight excluding hydrogens is 172 g/mol. The van der Waals surface area contributed by atoms with E-state index in [1.807, 2.05) is 36.0 Å². The lowest BCUT2D eigenvalue weighted by molar-refractivity contribution is 0.814. The molecule has 0 aliphatic rings. The molecule has 0 saturated carbocycles. The minimum absolute atomic E-state index is 0.783. The van der Waals surface area contributed by atoms with Crippen molar-refractivity contribution in [3.8, 4) is 6.07 Å². The van der Waals surface area contributed by atoms with E-state index in [9.17, 15) is 0 Å². The minimum Gasteiger partial charge on any atom is -0.350 e. The maximum Gasteiger partial charge on any atom is 0.101 e. The molecule has 0 aliphatic carbocycles. The van der Waals surface area contributed by atoms with Gasteiger partial charge in [-0.3, -0.25) is 0 Å². The van der Waals surface area contributed by atoms with Crippen LogP contribution in [0.2, 0.25) is 0 Å². The molecule has 1 heterocycles. The molecule has 1 aromatic rings. The van der Waals surface area contributed by atoms with Gasteiger partial charge in [0.2, 0.25) is 0 Å². The van der Waals surface area contributed by atoms with Gasteiger partial charge in [0.25, 0.3) is 0 Å². The van der Waals surface area contributed by atoms with Crippen LogP contribution in [0.3, 0.4) is 0 Å². The zero-order valence-electron chi connectivity index (χ0n) is 8.83. The highest BCUT2D eigenvalue weighted by Crippen LogP contribution is 2.14. The Morgan fingerprint density at radius 3 is 2.93 bits per heavy atom. The van der Waals surface area contributed by atoms with Gasteiger partial charge in [0.1, 0.15) is 6.07 Å². The maximum atomic E-state index is 8.99. The Hall–Kier alpha value is -1.49. The highest BCUT2D eigenvalue weighted by molar-refractivity contribution is 5.74. The second-order valence-electron chi connectivity index (χ2n) is 3.38. The number of unbranched alkanes of at least 4 members (excludes halogenated alkanes) is 2. The van der Waals surface area contributed by atoms with E-state index >= 15 is 0 Å².